The van der Waals surface area contributed by atoms with Crippen molar-refractivity contribution in [3.63, 3.8) is 0 Å². The second kappa shape index (κ2) is 8.80. The summed E-state index contributed by atoms with van der Waals surface area (Å²) in [5, 5.41) is 1.02. The summed E-state index contributed by atoms with van der Waals surface area (Å²) in [7, 11) is -5.91. The number of halogens is 3. The van der Waals surface area contributed by atoms with Crippen LogP contribution in [0.25, 0.3) is 0 Å². The Hall–Kier alpha value is -3.32. The van der Waals surface area contributed by atoms with Gasteiger partial charge in [-0.2, -0.15) is 26.7 Å². The Morgan fingerprint density at radius 1 is 1.12 bits per heavy atom. The van der Waals surface area contributed by atoms with Crippen molar-refractivity contribution in [2.45, 2.75) is 31.1 Å². The molecule has 2 aromatic rings. The van der Waals surface area contributed by atoms with E-state index < -0.39 is 45.5 Å². The fraction of sp³-hybridized carbons (Fsp3) is 0.333. The van der Waals surface area contributed by atoms with Gasteiger partial charge in [0.2, 0.25) is 0 Å². The van der Waals surface area contributed by atoms with E-state index in [-0.39, 0.29) is 30.9 Å². The molecule has 13 heteroatoms. The number of hydrogen-bond acceptors (Lipinski definition) is 7. The molecule has 4 rings (SSSR count). The molecule has 2 unspecified atom stereocenters. The lowest BCUT2D eigenvalue weighted by molar-refractivity contribution is -0.149. The molecule has 1 fully saturated rings. The highest BCUT2D eigenvalue weighted by Crippen LogP contribution is 2.46. The number of benzene rings is 2. The number of hydrogen-bond donors (Lipinski definition) is 0. The molecular formula is C21H19F3N2O7S. The van der Waals surface area contributed by atoms with E-state index in [2.05, 4.69) is 4.18 Å². The van der Waals surface area contributed by atoms with Crippen molar-refractivity contribution >= 4 is 22.1 Å². The zero-order valence-corrected chi connectivity index (χ0v) is 18.5. The first kappa shape index (κ1) is 23.8. The number of carbonyl (C=O) groups excluding carboxylic acids is 2. The fourth-order valence-corrected chi connectivity index (χ4v) is 4.31. The van der Waals surface area contributed by atoms with Crippen LogP contribution in [0.15, 0.2) is 48.5 Å². The molecule has 34 heavy (non-hydrogen) atoms. The molecule has 0 N–H and O–H groups in total. The van der Waals surface area contributed by atoms with E-state index in [0.717, 1.165) is 22.8 Å². The molecule has 2 bridgehead atoms. The van der Waals surface area contributed by atoms with Crippen LogP contribution in [0.5, 0.6) is 5.75 Å². The van der Waals surface area contributed by atoms with Gasteiger partial charge in [-0.25, -0.2) is 9.59 Å². The number of amides is 2. The first-order chi connectivity index (χ1) is 16.0. The molecular weight excluding hydrogens is 481 g/mol. The van der Waals surface area contributed by atoms with Gasteiger partial charge in [-0.1, -0.05) is 36.4 Å². The summed E-state index contributed by atoms with van der Waals surface area (Å²) in [6.07, 6.45) is 0. The molecule has 2 aliphatic rings. The minimum atomic E-state index is -5.91. The Bertz CT molecular complexity index is 1200. The van der Waals surface area contributed by atoms with Crippen LogP contribution in [0, 0.1) is 0 Å². The maximum atomic E-state index is 13.1. The second-order valence-electron chi connectivity index (χ2n) is 7.46. The number of carbonyl (C=O) groups is 2. The van der Waals surface area contributed by atoms with Gasteiger partial charge in [0.1, 0.15) is 18.4 Å². The summed E-state index contributed by atoms with van der Waals surface area (Å²) in [5.41, 5.74) is -4.39. The predicted molar refractivity (Wildman–Crippen MR) is 109 cm³/mol. The molecule has 2 atom stereocenters. The number of esters is 1. The third-order valence-electron chi connectivity index (χ3n) is 5.32. The molecule has 0 saturated carbocycles. The van der Waals surface area contributed by atoms with Gasteiger partial charge in [0.15, 0.2) is 6.04 Å². The first-order valence-electron chi connectivity index (χ1n) is 10.1. The van der Waals surface area contributed by atoms with Crippen molar-refractivity contribution in [2.24, 2.45) is 0 Å². The second-order valence-corrected chi connectivity index (χ2v) is 9.00. The minimum Gasteiger partial charge on any atom is -0.464 e. The van der Waals surface area contributed by atoms with Gasteiger partial charge in [0.25, 0.3) is 0 Å². The van der Waals surface area contributed by atoms with E-state index in [0.29, 0.717) is 0 Å². The van der Waals surface area contributed by atoms with Crippen LogP contribution in [0.4, 0.5) is 18.0 Å². The largest absolute Gasteiger partial charge is 0.534 e. The van der Waals surface area contributed by atoms with Crippen LogP contribution in [0.1, 0.15) is 35.7 Å². The lowest BCUT2D eigenvalue weighted by atomic mass is 9.91. The minimum absolute atomic E-state index is 0.00890. The van der Waals surface area contributed by atoms with Crippen molar-refractivity contribution in [2.75, 3.05) is 13.2 Å². The van der Waals surface area contributed by atoms with Crippen LogP contribution in [0.2, 0.25) is 0 Å². The Kier molecular flexibility index (Phi) is 6.16. The Morgan fingerprint density at radius 3 is 2.47 bits per heavy atom. The van der Waals surface area contributed by atoms with Crippen molar-refractivity contribution in [3.8, 4) is 5.75 Å². The fourth-order valence-electron chi connectivity index (χ4n) is 3.86. The maximum Gasteiger partial charge on any atom is 0.534 e. The Balaban J connectivity index is 1.71. The van der Waals surface area contributed by atoms with E-state index in [4.69, 9.17) is 9.57 Å². The van der Waals surface area contributed by atoms with Gasteiger partial charge in [-0.3, -0.25) is 4.84 Å². The van der Waals surface area contributed by atoms with Crippen molar-refractivity contribution in [1.82, 2.24) is 9.96 Å². The summed E-state index contributed by atoms with van der Waals surface area (Å²) in [5.74, 6) is -1.36. The number of hydroxylamine groups is 2. The molecule has 1 saturated heterocycles. The SMILES string of the molecule is CCOC(=O)C1c2ccc(OS(=O)(=O)C(F)(F)F)cc2C2CN1C(=O)N2OCc1ccccc1. The summed E-state index contributed by atoms with van der Waals surface area (Å²) in [6, 6.07) is 9.56. The highest BCUT2D eigenvalue weighted by molar-refractivity contribution is 7.88. The maximum absolute atomic E-state index is 13.1. The molecule has 182 valence electrons. The van der Waals surface area contributed by atoms with Crippen LogP contribution in [-0.2, 0) is 31.1 Å². The Morgan fingerprint density at radius 2 is 1.82 bits per heavy atom. The van der Waals surface area contributed by atoms with E-state index in [1.54, 1.807) is 37.3 Å². The van der Waals surface area contributed by atoms with Gasteiger partial charge in [0.05, 0.1) is 13.2 Å². The van der Waals surface area contributed by atoms with E-state index in [1.165, 1.54) is 11.0 Å². The predicted octanol–water partition coefficient (Wildman–Crippen LogP) is 3.44. The zero-order valence-electron chi connectivity index (χ0n) is 17.7. The smallest absolute Gasteiger partial charge is 0.464 e. The molecule has 0 aromatic heterocycles. The van der Waals surface area contributed by atoms with Crippen molar-refractivity contribution in [1.29, 1.82) is 0 Å². The average molecular weight is 500 g/mol. The quantitative estimate of drug-likeness (QED) is 0.326. The van der Waals surface area contributed by atoms with Crippen molar-refractivity contribution in [3.05, 3.63) is 65.2 Å². The van der Waals surface area contributed by atoms with Gasteiger partial charge in [-0.05, 0) is 35.7 Å². The van der Waals surface area contributed by atoms with Crippen molar-refractivity contribution < 1.29 is 44.9 Å². The summed E-state index contributed by atoms with van der Waals surface area (Å²) < 4.78 is 70.6. The zero-order chi connectivity index (χ0) is 24.7. The van der Waals surface area contributed by atoms with Gasteiger partial charge in [-0.15, -0.1) is 0 Å². The molecule has 2 heterocycles. The molecule has 9 nitrogen and oxygen atoms in total. The number of urea groups is 1. The third kappa shape index (κ3) is 4.28. The normalized spacial score (nSPS) is 19.7. The molecule has 0 aliphatic carbocycles. The van der Waals surface area contributed by atoms with Crippen LogP contribution >= 0.6 is 0 Å². The van der Waals surface area contributed by atoms with Crippen LogP contribution in [0.3, 0.4) is 0 Å². The number of ether oxygens (including phenoxy) is 1. The van der Waals surface area contributed by atoms with Gasteiger partial charge < -0.3 is 13.8 Å². The highest BCUT2D eigenvalue weighted by Gasteiger charge is 2.52. The summed E-state index contributed by atoms with van der Waals surface area (Å²) in [4.78, 5) is 32.7. The third-order valence-corrected chi connectivity index (χ3v) is 6.30. The summed E-state index contributed by atoms with van der Waals surface area (Å²) in [6.45, 7) is 1.61. The van der Waals surface area contributed by atoms with E-state index in [9.17, 15) is 31.2 Å². The molecule has 0 spiro atoms. The standard InChI is InChI=1S/C21H19F3N2O7S/c1-2-31-19(27)18-15-9-8-14(33-34(29,30)21(22,23)24)10-16(15)17-11-25(18)20(28)26(17)32-12-13-6-4-3-5-7-13/h3-10,17-18H,2,11-12H2,1H3. The monoisotopic (exact) mass is 500 g/mol. The lowest BCUT2D eigenvalue weighted by Gasteiger charge is -2.31. The first-order valence-corrected chi connectivity index (χ1v) is 11.5. The topological polar surface area (TPSA) is 102 Å². The van der Waals surface area contributed by atoms with E-state index in [1.807, 2.05) is 0 Å². The number of fused-ring (bicyclic) bond motifs is 4. The van der Waals surface area contributed by atoms with Crippen LogP contribution in [-0.4, -0.2) is 49.0 Å². The molecule has 2 amide bonds. The average Bonchev–Trinajstić information content (AvgIpc) is 3.05. The van der Waals surface area contributed by atoms with Gasteiger partial charge >= 0.3 is 27.6 Å². The van der Waals surface area contributed by atoms with Crippen LogP contribution < -0.4 is 4.18 Å². The highest BCUT2D eigenvalue weighted by atomic mass is 32.2. The number of rotatable bonds is 7. The molecule has 0 radical (unpaired) electrons. The number of alkyl halides is 3. The molecule has 2 aliphatic heterocycles. The number of nitrogens with zero attached hydrogens (tertiary/aromatic N) is 2. The summed E-state index contributed by atoms with van der Waals surface area (Å²) >= 11 is 0. The van der Waals surface area contributed by atoms with Gasteiger partial charge in [0, 0.05) is 0 Å². The Labute approximate surface area is 192 Å². The molecule has 2 aromatic carbocycles. The lowest BCUT2D eigenvalue weighted by Crippen LogP contribution is -2.39. The van der Waals surface area contributed by atoms with E-state index >= 15 is 0 Å².